The summed E-state index contributed by atoms with van der Waals surface area (Å²) in [5.41, 5.74) is 5.57. The van der Waals surface area contributed by atoms with Gasteiger partial charge in [-0.05, 0) is 6.42 Å². The average Bonchev–Trinajstić information content (AvgIpc) is 2.32. The predicted octanol–water partition coefficient (Wildman–Crippen LogP) is -0.0438. The zero-order chi connectivity index (χ0) is 13.3. The molecule has 0 aliphatic carbocycles. The van der Waals surface area contributed by atoms with E-state index in [1.54, 1.807) is 0 Å². The number of amides is 1. The Bertz CT molecular complexity index is 269. The van der Waals surface area contributed by atoms with Crippen LogP contribution < -0.4 is 11.1 Å². The first-order valence-corrected chi connectivity index (χ1v) is 5.50. The maximum Gasteiger partial charge on any atom is 0.325 e. The third-order valence-corrected chi connectivity index (χ3v) is 2.07. The molecule has 0 aromatic rings. The van der Waals surface area contributed by atoms with Crippen molar-refractivity contribution in [3.8, 4) is 0 Å². The number of esters is 1. The Morgan fingerprint density at radius 2 is 2.17 bits per heavy atom. The van der Waals surface area contributed by atoms with E-state index in [2.05, 4.69) is 16.6 Å². The quantitative estimate of drug-likeness (QED) is 0.420. The van der Waals surface area contributed by atoms with Gasteiger partial charge in [0.1, 0.15) is 19.3 Å². The van der Waals surface area contributed by atoms with Gasteiger partial charge in [0, 0.05) is 6.04 Å². The van der Waals surface area contributed by atoms with Gasteiger partial charge in [0.15, 0.2) is 0 Å². The van der Waals surface area contributed by atoms with Crippen molar-refractivity contribution in [2.75, 3.05) is 13.2 Å². The van der Waals surface area contributed by atoms with Crippen LogP contribution in [-0.4, -0.2) is 42.3 Å². The topological polar surface area (TPSA) is 102 Å². The van der Waals surface area contributed by atoms with E-state index in [-0.39, 0.29) is 20.6 Å². The van der Waals surface area contributed by atoms with Crippen LogP contribution in [0.4, 0.5) is 0 Å². The summed E-state index contributed by atoms with van der Waals surface area (Å²) in [5.74, 6) is -1.25. The van der Waals surface area contributed by atoms with Crippen molar-refractivity contribution in [1.82, 2.24) is 5.32 Å². The van der Waals surface area contributed by atoms with E-state index < -0.39 is 24.0 Å². The summed E-state index contributed by atoms with van der Waals surface area (Å²) in [6, 6.07) is -0.621. The van der Waals surface area contributed by atoms with Crippen LogP contribution >= 0.6 is 0 Å². The molecule has 0 rings (SSSR count). The minimum absolute atomic E-state index is 0. The summed E-state index contributed by atoms with van der Waals surface area (Å²) in [4.78, 5) is 22.4. The van der Waals surface area contributed by atoms with Gasteiger partial charge in [-0.15, -0.1) is 0 Å². The molecule has 0 aromatic heterocycles. The molecule has 0 aromatic carbocycles. The molecule has 6 nitrogen and oxygen atoms in total. The number of aliphatic hydroxyl groups is 1. The highest BCUT2D eigenvalue weighted by Gasteiger charge is 2.22. The van der Waals surface area contributed by atoms with Gasteiger partial charge in [0.05, 0.1) is 0 Å². The summed E-state index contributed by atoms with van der Waals surface area (Å²) >= 11 is 0. The number of aliphatic hydroxyl groups excluding tert-OH is 1. The molecule has 106 valence electrons. The van der Waals surface area contributed by atoms with Gasteiger partial charge in [-0.25, -0.2) is 0 Å². The smallest absolute Gasteiger partial charge is 0.325 e. The van der Waals surface area contributed by atoms with Crippen molar-refractivity contribution in [3.05, 3.63) is 12.7 Å². The fourth-order valence-corrected chi connectivity index (χ4v) is 1.15. The van der Waals surface area contributed by atoms with Gasteiger partial charge in [-0.3, -0.25) is 9.59 Å². The second kappa shape index (κ2) is 10.7. The summed E-state index contributed by atoms with van der Waals surface area (Å²) in [5, 5.41) is 11.8. The molecule has 1 amide bonds. The van der Waals surface area contributed by atoms with Crippen LogP contribution in [0.2, 0.25) is 0 Å². The lowest BCUT2D eigenvalue weighted by atomic mass is 10.1. The number of rotatable bonds is 8. The first kappa shape index (κ1) is 19.0. The third-order valence-electron chi connectivity index (χ3n) is 2.07. The maximum atomic E-state index is 11.4. The Morgan fingerprint density at radius 3 is 2.67 bits per heavy atom. The van der Waals surface area contributed by atoms with Gasteiger partial charge < -0.3 is 20.9 Å². The molecule has 0 saturated carbocycles. The third kappa shape index (κ3) is 7.81. The van der Waals surface area contributed by atoms with Crippen molar-refractivity contribution in [2.24, 2.45) is 5.73 Å². The van der Waals surface area contributed by atoms with Crippen molar-refractivity contribution in [2.45, 2.75) is 39.3 Å². The fraction of sp³-hybridized carbons (Fsp3) is 0.667. The Kier molecular flexibility index (Phi) is 11.3. The predicted molar refractivity (Wildman–Crippen MR) is 69.8 cm³/mol. The highest BCUT2D eigenvalue weighted by Crippen LogP contribution is 1.99. The number of carbonyl (C=O) groups is 2. The van der Waals surface area contributed by atoms with Crippen LogP contribution in [0.5, 0.6) is 0 Å². The fourth-order valence-electron chi connectivity index (χ4n) is 1.15. The number of carbonyl (C=O) groups excluding carboxylic acids is 2. The summed E-state index contributed by atoms with van der Waals surface area (Å²) < 4.78 is 4.64. The summed E-state index contributed by atoms with van der Waals surface area (Å²) in [6.45, 7) is 5.08. The highest BCUT2D eigenvalue weighted by molar-refractivity contribution is 5.85. The van der Waals surface area contributed by atoms with Gasteiger partial charge in [0.25, 0.3) is 5.91 Å². The molecule has 0 heterocycles. The Balaban J connectivity index is 0. The average molecular weight is 260 g/mol. The molecule has 0 bridgehead atoms. The molecular formula is C12H24N2O4. The molecular weight excluding hydrogens is 236 g/mol. The van der Waals surface area contributed by atoms with Crippen molar-refractivity contribution < 1.29 is 19.4 Å². The SMILES string of the molecule is C.C=CCOC(=O)CNC(=O)C(O)C(N)CCC. The molecule has 0 aliphatic heterocycles. The molecule has 4 N–H and O–H groups in total. The number of nitrogens with one attached hydrogen (secondary N) is 1. The number of hydrogen-bond acceptors (Lipinski definition) is 5. The van der Waals surface area contributed by atoms with Crippen LogP contribution in [0.15, 0.2) is 12.7 Å². The van der Waals surface area contributed by atoms with Gasteiger partial charge >= 0.3 is 5.97 Å². The van der Waals surface area contributed by atoms with E-state index in [0.29, 0.717) is 6.42 Å². The molecule has 2 unspecified atom stereocenters. The second-order valence-electron chi connectivity index (χ2n) is 3.59. The lowest BCUT2D eigenvalue weighted by Gasteiger charge is -2.17. The molecule has 6 heteroatoms. The zero-order valence-corrected chi connectivity index (χ0v) is 10.0. The van der Waals surface area contributed by atoms with E-state index in [0.717, 1.165) is 6.42 Å². The van der Waals surface area contributed by atoms with E-state index in [1.807, 2.05) is 6.92 Å². The van der Waals surface area contributed by atoms with Crippen LogP contribution in [-0.2, 0) is 14.3 Å². The van der Waals surface area contributed by atoms with Gasteiger partial charge in [0.2, 0.25) is 0 Å². The normalized spacial score (nSPS) is 12.8. The lowest BCUT2D eigenvalue weighted by Crippen LogP contribution is -2.47. The zero-order valence-electron chi connectivity index (χ0n) is 10.0. The highest BCUT2D eigenvalue weighted by atomic mass is 16.5. The molecule has 0 fully saturated rings. The monoisotopic (exact) mass is 260 g/mol. The van der Waals surface area contributed by atoms with Crippen molar-refractivity contribution >= 4 is 11.9 Å². The van der Waals surface area contributed by atoms with E-state index in [4.69, 9.17) is 5.73 Å². The molecule has 18 heavy (non-hydrogen) atoms. The van der Waals surface area contributed by atoms with Gasteiger partial charge in [-0.1, -0.05) is 33.4 Å². The Labute approximate surface area is 108 Å². The number of nitrogens with two attached hydrogens (primary N) is 1. The molecule has 0 saturated heterocycles. The minimum atomic E-state index is -1.30. The van der Waals surface area contributed by atoms with E-state index >= 15 is 0 Å². The number of ether oxygens (including phenoxy) is 1. The van der Waals surface area contributed by atoms with E-state index in [9.17, 15) is 14.7 Å². The molecule has 0 radical (unpaired) electrons. The first-order chi connectivity index (χ1) is 8.02. The number of hydrogen-bond donors (Lipinski definition) is 3. The maximum absolute atomic E-state index is 11.4. The largest absolute Gasteiger partial charge is 0.460 e. The van der Waals surface area contributed by atoms with E-state index in [1.165, 1.54) is 6.08 Å². The standard InChI is InChI=1S/C11H20N2O4.CH4/c1-3-5-8(12)10(15)11(16)13-7-9(14)17-6-4-2;/h4,8,10,15H,2-3,5-7,12H2,1H3,(H,13,16);1H4. The molecule has 2 atom stereocenters. The van der Waals surface area contributed by atoms with Crippen LogP contribution in [0, 0.1) is 0 Å². The Morgan fingerprint density at radius 1 is 1.56 bits per heavy atom. The second-order valence-corrected chi connectivity index (χ2v) is 3.59. The van der Waals surface area contributed by atoms with Crippen LogP contribution in [0.25, 0.3) is 0 Å². The van der Waals surface area contributed by atoms with Gasteiger partial charge in [-0.2, -0.15) is 0 Å². The lowest BCUT2D eigenvalue weighted by molar-refractivity contribution is -0.144. The molecule has 0 spiro atoms. The summed E-state index contributed by atoms with van der Waals surface area (Å²) in [7, 11) is 0. The summed E-state index contributed by atoms with van der Waals surface area (Å²) in [6.07, 6.45) is 1.43. The minimum Gasteiger partial charge on any atom is -0.460 e. The van der Waals surface area contributed by atoms with Crippen LogP contribution in [0.3, 0.4) is 0 Å². The first-order valence-electron chi connectivity index (χ1n) is 5.50. The van der Waals surface area contributed by atoms with Crippen molar-refractivity contribution in [1.29, 1.82) is 0 Å². The van der Waals surface area contributed by atoms with Crippen LogP contribution in [0.1, 0.15) is 27.2 Å². The Hall–Kier alpha value is -1.40. The molecule has 0 aliphatic rings. The van der Waals surface area contributed by atoms with Crippen molar-refractivity contribution in [3.63, 3.8) is 0 Å².